The van der Waals surface area contributed by atoms with Crippen molar-refractivity contribution in [1.29, 1.82) is 0 Å². The molecule has 2 N–H and O–H groups in total. The standard InChI is InChI=1S/C11H11ClIN3/c1-6-10(15-16(2)11(6)14)7-3-4-9(13)8(12)5-7/h3-5H,14H2,1-2H3. The molecule has 16 heavy (non-hydrogen) atoms. The number of anilines is 1. The normalized spacial score (nSPS) is 10.8. The summed E-state index contributed by atoms with van der Waals surface area (Å²) in [5.41, 5.74) is 8.74. The molecule has 0 unspecified atom stereocenters. The lowest BCUT2D eigenvalue weighted by Crippen LogP contribution is -1.97. The number of hydrogen-bond donors (Lipinski definition) is 1. The van der Waals surface area contributed by atoms with Gasteiger partial charge in [0.25, 0.3) is 0 Å². The van der Waals surface area contributed by atoms with Gasteiger partial charge in [-0.25, -0.2) is 0 Å². The van der Waals surface area contributed by atoms with E-state index < -0.39 is 0 Å². The molecule has 2 aromatic rings. The second-order valence-electron chi connectivity index (χ2n) is 3.61. The van der Waals surface area contributed by atoms with E-state index >= 15 is 0 Å². The third-order valence-electron chi connectivity index (χ3n) is 2.53. The van der Waals surface area contributed by atoms with Crippen molar-refractivity contribution < 1.29 is 0 Å². The van der Waals surface area contributed by atoms with Crippen molar-refractivity contribution in [2.75, 3.05) is 5.73 Å². The molecule has 0 bridgehead atoms. The molecular formula is C11H11ClIN3. The Bertz CT molecular complexity index is 548. The van der Waals surface area contributed by atoms with Gasteiger partial charge in [-0.2, -0.15) is 5.10 Å². The number of nitrogens with zero attached hydrogens (tertiary/aromatic N) is 2. The van der Waals surface area contributed by atoms with Crippen LogP contribution in [-0.2, 0) is 7.05 Å². The van der Waals surface area contributed by atoms with Crippen LogP contribution in [0.3, 0.4) is 0 Å². The van der Waals surface area contributed by atoms with Gasteiger partial charge < -0.3 is 5.73 Å². The van der Waals surface area contributed by atoms with Crippen LogP contribution < -0.4 is 5.73 Å². The van der Waals surface area contributed by atoms with E-state index in [2.05, 4.69) is 27.7 Å². The lowest BCUT2D eigenvalue weighted by molar-refractivity contribution is 0.782. The highest BCUT2D eigenvalue weighted by molar-refractivity contribution is 14.1. The zero-order valence-electron chi connectivity index (χ0n) is 8.96. The van der Waals surface area contributed by atoms with Crippen LogP contribution in [0.1, 0.15) is 5.56 Å². The maximum Gasteiger partial charge on any atom is 0.124 e. The Morgan fingerprint density at radius 3 is 2.62 bits per heavy atom. The number of rotatable bonds is 1. The molecule has 3 nitrogen and oxygen atoms in total. The fourth-order valence-corrected chi connectivity index (χ4v) is 2.08. The van der Waals surface area contributed by atoms with Crippen LogP contribution in [0, 0.1) is 10.5 Å². The summed E-state index contributed by atoms with van der Waals surface area (Å²) in [5.74, 6) is 0.685. The van der Waals surface area contributed by atoms with Gasteiger partial charge in [0, 0.05) is 21.7 Å². The van der Waals surface area contributed by atoms with Crippen LogP contribution in [0.5, 0.6) is 0 Å². The Labute approximate surface area is 113 Å². The summed E-state index contributed by atoms with van der Waals surface area (Å²) in [7, 11) is 1.83. The van der Waals surface area contributed by atoms with Gasteiger partial charge in [-0.15, -0.1) is 0 Å². The van der Waals surface area contributed by atoms with Crippen molar-refractivity contribution in [3.63, 3.8) is 0 Å². The van der Waals surface area contributed by atoms with Gasteiger partial charge in [-0.05, 0) is 41.6 Å². The van der Waals surface area contributed by atoms with Crippen molar-refractivity contribution in [2.24, 2.45) is 7.05 Å². The van der Waals surface area contributed by atoms with E-state index in [0.717, 1.165) is 25.4 Å². The van der Waals surface area contributed by atoms with Gasteiger partial charge in [0.15, 0.2) is 0 Å². The van der Waals surface area contributed by atoms with E-state index in [4.69, 9.17) is 17.3 Å². The maximum absolute atomic E-state index is 6.09. The van der Waals surface area contributed by atoms with Crippen LogP contribution in [0.25, 0.3) is 11.3 Å². The minimum Gasteiger partial charge on any atom is -0.384 e. The number of nitrogens with two attached hydrogens (primary N) is 1. The van der Waals surface area contributed by atoms with Crippen LogP contribution in [0.2, 0.25) is 5.02 Å². The Balaban J connectivity index is 2.59. The molecular weight excluding hydrogens is 336 g/mol. The topological polar surface area (TPSA) is 43.8 Å². The molecule has 0 spiro atoms. The summed E-state index contributed by atoms with van der Waals surface area (Å²) in [6.07, 6.45) is 0. The van der Waals surface area contributed by atoms with E-state index in [1.54, 1.807) is 4.68 Å². The molecule has 5 heteroatoms. The molecule has 2 rings (SSSR count). The third-order valence-corrected chi connectivity index (χ3v) is 4.10. The van der Waals surface area contributed by atoms with Gasteiger partial charge >= 0.3 is 0 Å². The highest BCUT2D eigenvalue weighted by Gasteiger charge is 2.12. The van der Waals surface area contributed by atoms with Crippen molar-refractivity contribution in [3.05, 3.63) is 32.4 Å². The van der Waals surface area contributed by atoms with E-state index in [-0.39, 0.29) is 0 Å². The molecule has 0 aliphatic heterocycles. The molecule has 84 valence electrons. The molecule has 0 saturated carbocycles. The smallest absolute Gasteiger partial charge is 0.124 e. The summed E-state index contributed by atoms with van der Waals surface area (Å²) >= 11 is 8.29. The molecule has 0 aliphatic carbocycles. The lowest BCUT2D eigenvalue weighted by Gasteiger charge is -2.01. The zero-order valence-corrected chi connectivity index (χ0v) is 11.9. The molecule has 0 fully saturated rings. The first kappa shape index (κ1) is 11.7. The largest absolute Gasteiger partial charge is 0.384 e. The quantitative estimate of drug-likeness (QED) is 0.805. The number of hydrogen-bond acceptors (Lipinski definition) is 2. The molecule has 1 aromatic heterocycles. The molecule has 1 heterocycles. The minimum atomic E-state index is 0.685. The van der Waals surface area contributed by atoms with Crippen LogP contribution in [-0.4, -0.2) is 9.78 Å². The highest BCUT2D eigenvalue weighted by atomic mass is 127. The summed E-state index contributed by atoms with van der Waals surface area (Å²) in [6, 6.07) is 5.89. The van der Waals surface area contributed by atoms with E-state index in [1.165, 1.54) is 0 Å². The van der Waals surface area contributed by atoms with Crippen molar-refractivity contribution in [3.8, 4) is 11.3 Å². The Morgan fingerprint density at radius 2 is 2.12 bits per heavy atom. The first-order valence-corrected chi connectivity index (χ1v) is 6.21. The number of halogens is 2. The minimum absolute atomic E-state index is 0.685. The predicted octanol–water partition coefficient (Wildman–Crippen LogP) is 3.24. The van der Waals surface area contributed by atoms with Crippen molar-refractivity contribution >= 4 is 40.0 Å². The molecule has 0 amide bonds. The second kappa shape index (κ2) is 4.25. The monoisotopic (exact) mass is 347 g/mol. The Morgan fingerprint density at radius 1 is 1.44 bits per heavy atom. The highest BCUT2D eigenvalue weighted by Crippen LogP contribution is 2.29. The summed E-state index contributed by atoms with van der Waals surface area (Å²) < 4.78 is 2.71. The summed E-state index contributed by atoms with van der Waals surface area (Å²) in [6.45, 7) is 1.96. The average molecular weight is 348 g/mol. The average Bonchev–Trinajstić information content (AvgIpc) is 2.50. The van der Waals surface area contributed by atoms with Gasteiger partial charge in [-0.1, -0.05) is 17.7 Å². The van der Waals surface area contributed by atoms with Crippen LogP contribution in [0.15, 0.2) is 18.2 Å². The van der Waals surface area contributed by atoms with Gasteiger partial charge in [0.2, 0.25) is 0 Å². The van der Waals surface area contributed by atoms with Gasteiger partial charge in [-0.3, -0.25) is 4.68 Å². The number of aryl methyl sites for hydroxylation is 1. The fourth-order valence-electron chi connectivity index (χ4n) is 1.56. The second-order valence-corrected chi connectivity index (χ2v) is 5.18. The van der Waals surface area contributed by atoms with E-state index in [9.17, 15) is 0 Å². The molecule has 0 aliphatic rings. The zero-order chi connectivity index (χ0) is 11.9. The van der Waals surface area contributed by atoms with Crippen LogP contribution in [0.4, 0.5) is 5.82 Å². The SMILES string of the molecule is Cc1c(-c2ccc(I)c(Cl)c2)nn(C)c1N. The maximum atomic E-state index is 6.09. The molecule has 0 radical (unpaired) electrons. The van der Waals surface area contributed by atoms with Gasteiger partial charge in [0.05, 0.1) is 10.7 Å². The Kier molecular flexibility index (Phi) is 3.12. The van der Waals surface area contributed by atoms with E-state index in [0.29, 0.717) is 5.82 Å². The van der Waals surface area contributed by atoms with Crippen molar-refractivity contribution in [1.82, 2.24) is 9.78 Å². The summed E-state index contributed by atoms with van der Waals surface area (Å²) in [4.78, 5) is 0. The van der Waals surface area contributed by atoms with E-state index in [1.807, 2.05) is 32.2 Å². The van der Waals surface area contributed by atoms with Crippen molar-refractivity contribution in [2.45, 2.75) is 6.92 Å². The lowest BCUT2D eigenvalue weighted by atomic mass is 10.1. The first-order chi connectivity index (χ1) is 7.50. The molecule has 1 aromatic carbocycles. The third kappa shape index (κ3) is 1.91. The predicted molar refractivity (Wildman–Crippen MR) is 75.5 cm³/mol. The van der Waals surface area contributed by atoms with Gasteiger partial charge in [0.1, 0.15) is 5.82 Å². The van der Waals surface area contributed by atoms with Crippen LogP contribution >= 0.6 is 34.2 Å². The Hall–Kier alpha value is -0.750. The fraction of sp³-hybridized carbons (Fsp3) is 0.182. The summed E-state index contributed by atoms with van der Waals surface area (Å²) in [5, 5.41) is 5.12. The number of nitrogen functional groups attached to an aromatic ring is 1. The molecule has 0 saturated heterocycles. The number of aromatic nitrogens is 2. The first-order valence-electron chi connectivity index (χ1n) is 4.75. The number of benzene rings is 1. The molecule has 0 atom stereocenters.